The number of hydrogen-bond donors (Lipinski definition) is 2. The smallest absolute Gasteiger partial charge is 0.312 e. The first kappa shape index (κ1) is 31.1. The van der Waals surface area contributed by atoms with Crippen LogP contribution < -0.4 is 20.1 Å². The van der Waals surface area contributed by atoms with Crippen molar-refractivity contribution in [3.8, 4) is 11.5 Å². The van der Waals surface area contributed by atoms with Crippen molar-refractivity contribution in [2.75, 3.05) is 13.7 Å². The van der Waals surface area contributed by atoms with Crippen molar-refractivity contribution in [1.82, 2.24) is 10.6 Å². The maximum atomic E-state index is 15.1. The number of fused-ring (bicyclic) bond motifs is 2. The van der Waals surface area contributed by atoms with Crippen LogP contribution in [0.25, 0.3) is 0 Å². The van der Waals surface area contributed by atoms with Gasteiger partial charge in [0.15, 0.2) is 11.6 Å². The lowest BCUT2D eigenvalue weighted by molar-refractivity contribution is -0.169. The fraction of sp³-hybridized carbons (Fsp3) is 0.719. The van der Waals surface area contributed by atoms with Crippen LogP contribution in [-0.2, 0) is 14.3 Å². The Balaban J connectivity index is 1.45. The highest BCUT2D eigenvalue weighted by Crippen LogP contribution is 2.49. The summed E-state index contributed by atoms with van der Waals surface area (Å²) in [5.74, 6) is -0.638. The van der Waals surface area contributed by atoms with Crippen molar-refractivity contribution in [3.05, 3.63) is 23.5 Å². The molecule has 0 unspecified atom stereocenters. The molecule has 9 heteroatoms. The fourth-order valence-corrected chi connectivity index (χ4v) is 6.63. The molecule has 2 bridgehead atoms. The maximum Gasteiger partial charge on any atom is 0.312 e. The second kappa shape index (κ2) is 12.2. The number of benzene rings is 1. The van der Waals surface area contributed by atoms with E-state index < -0.39 is 22.7 Å². The van der Waals surface area contributed by atoms with E-state index in [0.717, 1.165) is 19.3 Å². The minimum atomic E-state index is -0.621. The number of methoxy groups -OCH3 is 1. The molecule has 41 heavy (non-hydrogen) atoms. The molecule has 0 heterocycles. The Bertz CT molecular complexity index is 1140. The van der Waals surface area contributed by atoms with Crippen molar-refractivity contribution in [2.24, 2.45) is 29.1 Å². The normalized spacial score (nSPS) is 29.2. The number of ether oxygens (including phenoxy) is 3. The Morgan fingerprint density at radius 1 is 1.05 bits per heavy atom. The summed E-state index contributed by atoms with van der Waals surface area (Å²) in [6.45, 7) is 12.1. The van der Waals surface area contributed by atoms with Gasteiger partial charge in [-0.25, -0.2) is 4.39 Å². The van der Waals surface area contributed by atoms with Crippen LogP contribution in [0.1, 0.15) is 96.8 Å². The minimum Gasteiger partial charge on any atom is -0.496 e. The molecule has 0 spiro atoms. The van der Waals surface area contributed by atoms with E-state index in [4.69, 9.17) is 14.2 Å². The summed E-state index contributed by atoms with van der Waals surface area (Å²) < 4.78 is 32.1. The highest BCUT2D eigenvalue weighted by molar-refractivity contribution is 5.98. The molecule has 3 fully saturated rings. The van der Waals surface area contributed by atoms with Crippen molar-refractivity contribution >= 4 is 17.8 Å². The number of halogens is 1. The van der Waals surface area contributed by atoms with Gasteiger partial charge in [-0.15, -0.1) is 0 Å². The van der Waals surface area contributed by atoms with Crippen LogP contribution in [0.2, 0.25) is 0 Å². The maximum absolute atomic E-state index is 15.1. The standard InChI is InChI=1S/C32H47FN2O6/c1-18(2)17-34-29(37)26-19-8-9-20(14-19)27(26)35-28(36)22-15-25(23(33)16-24(22)39-7)40-21-10-12-32(6,13-11-21)30(38)41-31(3,4)5/h15-16,18-21,26-27H,8-14,17H2,1-7H3,(H,34,37)(H,35,36)/t19-,20+,21-,26+,27-,32+/m1/s1. The summed E-state index contributed by atoms with van der Waals surface area (Å²) in [5, 5.41) is 6.15. The molecule has 4 atom stereocenters. The summed E-state index contributed by atoms with van der Waals surface area (Å²) in [4.78, 5) is 39.4. The molecule has 8 nitrogen and oxygen atoms in total. The van der Waals surface area contributed by atoms with Gasteiger partial charge in [-0.1, -0.05) is 13.8 Å². The lowest BCUT2D eigenvalue weighted by atomic mass is 9.74. The number of rotatable bonds is 9. The Morgan fingerprint density at radius 3 is 2.32 bits per heavy atom. The van der Waals surface area contributed by atoms with Gasteiger partial charge in [0.2, 0.25) is 5.91 Å². The molecule has 1 aromatic rings. The molecule has 3 saturated carbocycles. The van der Waals surface area contributed by atoms with Crippen LogP contribution in [-0.4, -0.2) is 49.2 Å². The summed E-state index contributed by atoms with van der Waals surface area (Å²) in [7, 11) is 1.39. The van der Waals surface area contributed by atoms with Crippen LogP contribution in [0, 0.1) is 34.9 Å². The number of carbonyl (C=O) groups is 3. The molecule has 0 saturated heterocycles. The number of esters is 1. The zero-order valence-electron chi connectivity index (χ0n) is 25.6. The van der Waals surface area contributed by atoms with Gasteiger partial charge < -0.3 is 24.8 Å². The number of hydrogen-bond acceptors (Lipinski definition) is 6. The third kappa shape index (κ3) is 7.15. The monoisotopic (exact) mass is 574 g/mol. The summed E-state index contributed by atoms with van der Waals surface area (Å²) in [5.41, 5.74) is -1.01. The molecule has 0 aliphatic heterocycles. The van der Waals surface area contributed by atoms with Gasteiger partial charge in [0, 0.05) is 18.7 Å². The Hall–Kier alpha value is -2.84. The second-order valence-corrected chi connectivity index (χ2v) is 13.9. The van der Waals surface area contributed by atoms with Gasteiger partial charge in [0.25, 0.3) is 5.91 Å². The van der Waals surface area contributed by atoms with Crippen molar-refractivity contribution in [1.29, 1.82) is 0 Å². The first-order chi connectivity index (χ1) is 19.2. The lowest BCUT2D eigenvalue weighted by Gasteiger charge is -2.37. The van der Waals surface area contributed by atoms with E-state index in [1.165, 1.54) is 19.2 Å². The highest BCUT2D eigenvalue weighted by atomic mass is 19.1. The third-order valence-corrected chi connectivity index (χ3v) is 8.92. The van der Waals surface area contributed by atoms with Crippen molar-refractivity contribution in [2.45, 2.75) is 104 Å². The Kier molecular flexibility index (Phi) is 9.24. The van der Waals surface area contributed by atoms with E-state index in [2.05, 4.69) is 10.6 Å². The number of carbonyl (C=O) groups excluding carboxylic acids is 3. The molecule has 2 N–H and O–H groups in total. The largest absolute Gasteiger partial charge is 0.496 e. The molecule has 1 aromatic carbocycles. The zero-order chi connectivity index (χ0) is 30.1. The highest BCUT2D eigenvalue weighted by Gasteiger charge is 2.51. The first-order valence-corrected chi connectivity index (χ1v) is 15.1. The summed E-state index contributed by atoms with van der Waals surface area (Å²) in [6.07, 6.45) is 4.81. The van der Waals surface area contributed by atoms with Crippen molar-refractivity contribution in [3.63, 3.8) is 0 Å². The first-order valence-electron chi connectivity index (χ1n) is 15.1. The van der Waals surface area contributed by atoms with E-state index in [0.29, 0.717) is 38.1 Å². The quantitative estimate of drug-likeness (QED) is 0.382. The molecule has 2 amide bonds. The van der Waals surface area contributed by atoms with Gasteiger partial charge in [-0.2, -0.15) is 0 Å². The molecular weight excluding hydrogens is 527 g/mol. The molecule has 4 rings (SSSR count). The van der Waals surface area contributed by atoms with Gasteiger partial charge in [-0.05, 0) is 96.5 Å². The van der Waals surface area contributed by atoms with Crippen LogP contribution in [0.5, 0.6) is 11.5 Å². The molecule has 0 radical (unpaired) electrons. The van der Waals surface area contributed by atoms with Crippen LogP contribution >= 0.6 is 0 Å². The number of amides is 2. The number of nitrogens with one attached hydrogen (secondary N) is 2. The van der Waals surface area contributed by atoms with Crippen molar-refractivity contribution < 1.29 is 33.0 Å². The van der Waals surface area contributed by atoms with Gasteiger partial charge in [0.1, 0.15) is 11.4 Å². The summed E-state index contributed by atoms with van der Waals surface area (Å²) >= 11 is 0. The fourth-order valence-electron chi connectivity index (χ4n) is 6.63. The lowest BCUT2D eigenvalue weighted by Crippen LogP contribution is -2.50. The molecular formula is C32H47FN2O6. The Morgan fingerprint density at radius 2 is 1.71 bits per heavy atom. The molecule has 3 aliphatic rings. The van der Waals surface area contributed by atoms with E-state index in [-0.39, 0.29) is 58.8 Å². The third-order valence-electron chi connectivity index (χ3n) is 8.92. The Labute approximate surface area is 243 Å². The average molecular weight is 575 g/mol. The van der Waals surface area contributed by atoms with Crippen LogP contribution in [0.15, 0.2) is 12.1 Å². The van der Waals surface area contributed by atoms with Gasteiger partial charge in [0.05, 0.1) is 30.1 Å². The van der Waals surface area contributed by atoms with Gasteiger partial charge >= 0.3 is 5.97 Å². The minimum absolute atomic E-state index is 0.0121. The zero-order valence-corrected chi connectivity index (χ0v) is 25.6. The van der Waals surface area contributed by atoms with Crippen LogP contribution in [0.3, 0.4) is 0 Å². The van der Waals surface area contributed by atoms with E-state index in [9.17, 15) is 14.4 Å². The van der Waals surface area contributed by atoms with E-state index in [1.807, 2.05) is 41.5 Å². The SMILES string of the molecule is COc1cc(F)c(O[C@H]2CC[C@@](C)(C(=O)OC(C)(C)C)CC2)cc1C(=O)N[C@@H]1[C@H]2CC[C@H](C2)[C@@H]1C(=O)NCC(C)C. The van der Waals surface area contributed by atoms with Gasteiger partial charge in [-0.3, -0.25) is 14.4 Å². The summed E-state index contributed by atoms with van der Waals surface area (Å²) in [6, 6.07) is 2.29. The second-order valence-electron chi connectivity index (χ2n) is 13.9. The van der Waals surface area contributed by atoms with E-state index in [1.54, 1.807) is 0 Å². The predicted molar refractivity (Wildman–Crippen MR) is 153 cm³/mol. The molecule has 228 valence electrons. The average Bonchev–Trinajstić information content (AvgIpc) is 3.50. The van der Waals surface area contributed by atoms with E-state index >= 15 is 4.39 Å². The molecule has 3 aliphatic carbocycles. The predicted octanol–water partition coefficient (Wildman–Crippen LogP) is 5.42. The topological polar surface area (TPSA) is 103 Å². The van der Waals surface area contributed by atoms with Crippen LogP contribution in [0.4, 0.5) is 4.39 Å². The molecule has 0 aromatic heterocycles.